The second kappa shape index (κ2) is 3.53. The molecule has 0 aliphatic carbocycles. The first-order valence-electron chi connectivity index (χ1n) is 5.17. The highest BCUT2D eigenvalue weighted by atomic mass is 16.1. The lowest BCUT2D eigenvalue weighted by Gasteiger charge is -2.10. The van der Waals surface area contributed by atoms with E-state index in [-0.39, 0.29) is 11.6 Å². The predicted molar refractivity (Wildman–Crippen MR) is 62.3 cm³/mol. The normalized spacial score (nSPS) is 10.9. The van der Waals surface area contributed by atoms with Crippen molar-refractivity contribution in [1.29, 1.82) is 5.26 Å². The summed E-state index contributed by atoms with van der Waals surface area (Å²) >= 11 is 0. The van der Waals surface area contributed by atoms with Crippen LogP contribution in [0.5, 0.6) is 0 Å². The van der Waals surface area contributed by atoms with Crippen LogP contribution in [0, 0.1) is 11.3 Å². The first kappa shape index (κ1) is 10.5. The number of nitrogens with zero attached hydrogens (tertiary/aromatic N) is 3. The average molecular weight is 215 g/mol. The molecule has 0 fully saturated rings. The van der Waals surface area contributed by atoms with Gasteiger partial charge in [-0.1, -0.05) is 0 Å². The molecular weight excluding hydrogens is 202 g/mol. The summed E-state index contributed by atoms with van der Waals surface area (Å²) in [5, 5.41) is 9.49. The van der Waals surface area contributed by atoms with Gasteiger partial charge in [0.15, 0.2) is 0 Å². The number of rotatable bonds is 1. The second-order valence-electron chi connectivity index (χ2n) is 4.11. The summed E-state index contributed by atoms with van der Waals surface area (Å²) in [5.74, 6) is 0. The lowest BCUT2D eigenvalue weighted by molar-refractivity contribution is 0.447. The quantitative estimate of drug-likeness (QED) is 0.728. The fraction of sp³-hybridized carbons (Fsp3) is 0.333. The fourth-order valence-electron chi connectivity index (χ4n) is 2.01. The minimum Gasteiger partial charge on any atom is -0.285 e. The van der Waals surface area contributed by atoms with Crippen LogP contribution >= 0.6 is 0 Å². The van der Waals surface area contributed by atoms with Gasteiger partial charge < -0.3 is 0 Å². The van der Waals surface area contributed by atoms with Crippen LogP contribution in [-0.4, -0.2) is 9.36 Å². The van der Waals surface area contributed by atoms with Crippen molar-refractivity contribution in [2.45, 2.75) is 19.9 Å². The van der Waals surface area contributed by atoms with E-state index in [0.717, 1.165) is 5.52 Å². The van der Waals surface area contributed by atoms with Gasteiger partial charge in [0, 0.05) is 13.1 Å². The number of nitriles is 1. The summed E-state index contributed by atoms with van der Waals surface area (Å²) in [4.78, 5) is 12.0. The largest absolute Gasteiger partial charge is 0.285 e. The molecule has 1 heterocycles. The zero-order chi connectivity index (χ0) is 11.9. The fourth-order valence-corrected chi connectivity index (χ4v) is 2.01. The minimum atomic E-state index is -0.00279. The molecule has 1 aromatic carbocycles. The maximum absolute atomic E-state index is 12.0. The Hall–Kier alpha value is -2.02. The van der Waals surface area contributed by atoms with Crippen LogP contribution in [0.2, 0.25) is 0 Å². The summed E-state index contributed by atoms with van der Waals surface area (Å²) in [6.07, 6.45) is 0. The number of hydrogen-bond acceptors (Lipinski definition) is 2. The van der Waals surface area contributed by atoms with Crippen molar-refractivity contribution in [2.75, 3.05) is 0 Å². The van der Waals surface area contributed by atoms with E-state index in [0.29, 0.717) is 10.9 Å². The van der Waals surface area contributed by atoms with Crippen molar-refractivity contribution >= 4 is 10.9 Å². The number of aromatic nitrogens is 2. The van der Waals surface area contributed by atoms with Gasteiger partial charge in [0.05, 0.1) is 22.5 Å². The highest BCUT2D eigenvalue weighted by molar-refractivity contribution is 5.80. The van der Waals surface area contributed by atoms with Gasteiger partial charge >= 0.3 is 0 Å². The molecule has 0 radical (unpaired) electrons. The number of hydrogen-bond donors (Lipinski definition) is 0. The average Bonchev–Trinajstić information content (AvgIpc) is 2.51. The Labute approximate surface area is 93.3 Å². The maximum Gasteiger partial charge on any atom is 0.274 e. The van der Waals surface area contributed by atoms with Crippen molar-refractivity contribution in [1.82, 2.24) is 9.36 Å². The van der Waals surface area contributed by atoms with Crippen LogP contribution in [0.4, 0.5) is 0 Å². The van der Waals surface area contributed by atoms with E-state index in [4.69, 9.17) is 5.26 Å². The van der Waals surface area contributed by atoms with Crippen LogP contribution in [-0.2, 0) is 7.05 Å². The molecule has 0 unspecified atom stereocenters. The second-order valence-corrected chi connectivity index (χ2v) is 4.11. The van der Waals surface area contributed by atoms with Gasteiger partial charge in [-0.25, -0.2) is 4.68 Å². The van der Waals surface area contributed by atoms with E-state index >= 15 is 0 Å². The molecule has 0 aliphatic rings. The molecule has 2 aromatic rings. The Morgan fingerprint density at radius 2 is 2.06 bits per heavy atom. The van der Waals surface area contributed by atoms with E-state index in [2.05, 4.69) is 6.07 Å². The standard InChI is InChI=1S/C12H13N3O/c1-8(2)15-12(16)10-5-4-9(7-13)6-11(10)14(15)3/h4-6,8H,1-3H3. The molecular formula is C12H13N3O. The first-order valence-corrected chi connectivity index (χ1v) is 5.17. The molecule has 0 amide bonds. The number of fused-ring (bicyclic) bond motifs is 1. The van der Waals surface area contributed by atoms with E-state index in [9.17, 15) is 4.79 Å². The molecule has 4 heteroatoms. The lowest BCUT2D eigenvalue weighted by atomic mass is 10.2. The molecule has 4 nitrogen and oxygen atoms in total. The van der Waals surface area contributed by atoms with Gasteiger partial charge in [-0.05, 0) is 32.0 Å². The Morgan fingerprint density at radius 3 is 2.62 bits per heavy atom. The lowest BCUT2D eigenvalue weighted by Crippen LogP contribution is -2.23. The van der Waals surface area contributed by atoms with E-state index in [1.54, 1.807) is 22.9 Å². The molecule has 0 bridgehead atoms. The van der Waals surface area contributed by atoms with Crippen LogP contribution in [0.25, 0.3) is 10.9 Å². The van der Waals surface area contributed by atoms with Gasteiger partial charge in [-0.15, -0.1) is 0 Å². The van der Waals surface area contributed by atoms with Crippen LogP contribution in [0.1, 0.15) is 25.5 Å². The SMILES string of the molecule is CC(C)n1c(=O)c2ccc(C#N)cc2n1C. The van der Waals surface area contributed by atoms with Crippen molar-refractivity contribution < 1.29 is 0 Å². The maximum atomic E-state index is 12.0. The highest BCUT2D eigenvalue weighted by Gasteiger charge is 2.12. The van der Waals surface area contributed by atoms with Crippen LogP contribution < -0.4 is 5.56 Å². The molecule has 0 saturated heterocycles. The van der Waals surface area contributed by atoms with Crippen LogP contribution in [0.15, 0.2) is 23.0 Å². The molecule has 0 atom stereocenters. The molecule has 16 heavy (non-hydrogen) atoms. The first-order chi connectivity index (χ1) is 7.56. The molecule has 0 N–H and O–H groups in total. The highest BCUT2D eigenvalue weighted by Crippen LogP contribution is 2.14. The Bertz CT molecular complexity index is 641. The third kappa shape index (κ3) is 1.33. The van der Waals surface area contributed by atoms with Gasteiger partial charge in [-0.2, -0.15) is 5.26 Å². The summed E-state index contributed by atoms with van der Waals surface area (Å²) in [5.41, 5.74) is 1.37. The summed E-state index contributed by atoms with van der Waals surface area (Å²) < 4.78 is 3.50. The molecule has 0 spiro atoms. The van der Waals surface area contributed by atoms with Crippen molar-refractivity contribution in [3.8, 4) is 6.07 Å². The number of aryl methyl sites for hydroxylation is 1. The third-order valence-electron chi connectivity index (χ3n) is 2.73. The smallest absolute Gasteiger partial charge is 0.274 e. The van der Waals surface area contributed by atoms with E-state index < -0.39 is 0 Å². The monoisotopic (exact) mass is 215 g/mol. The zero-order valence-electron chi connectivity index (χ0n) is 9.56. The molecule has 2 rings (SSSR count). The summed E-state index contributed by atoms with van der Waals surface area (Å²) in [7, 11) is 1.84. The van der Waals surface area contributed by atoms with Gasteiger partial charge in [0.2, 0.25) is 0 Å². The molecule has 0 saturated carbocycles. The Balaban J connectivity index is 2.90. The van der Waals surface area contributed by atoms with Gasteiger partial charge in [-0.3, -0.25) is 9.48 Å². The summed E-state index contributed by atoms with van der Waals surface area (Å²) in [6.45, 7) is 3.93. The van der Waals surface area contributed by atoms with Crippen LogP contribution in [0.3, 0.4) is 0 Å². The van der Waals surface area contributed by atoms with Crippen molar-refractivity contribution in [3.05, 3.63) is 34.1 Å². The molecule has 0 aliphatic heterocycles. The van der Waals surface area contributed by atoms with Gasteiger partial charge in [0.25, 0.3) is 5.56 Å². The van der Waals surface area contributed by atoms with Crippen molar-refractivity contribution in [3.63, 3.8) is 0 Å². The van der Waals surface area contributed by atoms with E-state index in [1.165, 1.54) is 0 Å². The molecule has 82 valence electrons. The number of benzene rings is 1. The topological polar surface area (TPSA) is 50.7 Å². The van der Waals surface area contributed by atoms with Gasteiger partial charge in [0.1, 0.15) is 0 Å². The predicted octanol–water partition coefficient (Wildman–Crippen LogP) is 1.79. The Morgan fingerprint density at radius 1 is 1.38 bits per heavy atom. The third-order valence-corrected chi connectivity index (χ3v) is 2.73. The zero-order valence-corrected chi connectivity index (χ0v) is 9.56. The van der Waals surface area contributed by atoms with E-state index in [1.807, 2.05) is 25.6 Å². The molecule has 1 aromatic heterocycles. The minimum absolute atomic E-state index is 0.00279. The Kier molecular flexibility index (Phi) is 2.31. The summed E-state index contributed by atoms with van der Waals surface area (Å²) in [6, 6.07) is 7.32. The van der Waals surface area contributed by atoms with Crippen molar-refractivity contribution in [2.24, 2.45) is 7.05 Å².